The van der Waals surface area contributed by atoms with Crippen LogP contribution in [0.3, 0.4) is 0 Å². The summed E-state index contributed by atoms with van der Waals surface area (Å²) in [6.07, 6.45) is 1.13. The molecule has 0 saturated carbocycles. The zero-order valence-corrected chi connectivity index (χ0v) is 15.7. The molecule has 3 rings (SSSR count). The van der Waals surface area contributed by atoms with Crippen LogP contribution in [0.1, 0.15) is 5.56 Å². The van der Waals surface area contributed by atoms with Gasteiger partial charge in [0.2, 0.25) is 0 Å². The molecule has 0 saturated heterocycles. The molecule has 8 heteroatoms. The number of anilines is 2. The summed E-state index contributed by atoms with van der Waals surface area (Å²) in [5.74, 6) is 1.26. The fourth-order valence-corrected chi connectivity index (χ4v) is 3.03. The van der Waals surface area contributed by atoms with Crippen molar-refractivity contribution in [2.75, 3.05) is 17.7 Å². The van der Waals surface area contributed by atoms with Gasteiger partial charge in [0.25, 0.3) is 0 Å². The number of nitrogens with two attached hydrogens (primary N) is 2. The van der Waals surface area contributed by atoms with Crippen molar-refractivity contribution in [2.45, 2.75) is 4.90 Å². The van der Waals surface area contributed by atoms with Gasteiger partial charge in [-0.1, -0.05) is 12.1 Å². The fourth-order valence-electron chi connectivity index (χ4n) is 2.40. The second-order valence-electron chi connectivity index (χ2n) is 5.98. The molecule has 28 heavy (non-hydrogen) atoms. The summed E-state index contributed by atoms with van der Waals surface area (Å²) < 4.78 is 34.8. The lowest BCUT2D eigenvalue weighted by atomic mass is 10.2. The van der Waals surface area contributed by atoms with Crippen LogP contribution in [0.15, 0.2) is 65.6 Å². The van der Waals surface area contributed by atoms with Gasteiger partial charge in [0.05, 0.1) is 21.8 Å². The predicted molar refractivity (Wildman–Crippen MR) is 106 cm³/mol. The van der Waals surface area contributed by atoms with E-state index >= 15 is 0 Å². The number of benzene rings is 3. The molecule has 0 aliphatic heterocycles. The minimum Gasteiger partial charge on any atom is -0.453 e. The topological polar surface area (TPSA) is 128 Å². The van der Waals surface area contributed by atoms with Gasteiger partial charge in [-0.25, -0.2) is 8.42 Å². The molecule has 0 atom stereocenters. The van der Waals surface area contributed by atoms with Crippen LogP contribution >= 0.6 is 0 Å². The molecule has 3 aromatic carbocycles. The quantitative estimate of drug-likeness (QED) is 0.630. The Hall–Kier alpha value is -3.70. The largest absolute Gasteiger partial charge is 0.453 e. The number of nitrogen functional groups attached to an aromatic ring is 2. The van der Waals surface area contributed by atoms with E-state index in [0.717, 1.165) is 6.26 Å². The monoisotopic (exact) mass is 395 g/mol. The van der Waals surface area contributed by atoms with E-state index in [0.29, 0.717) is 28.4 Å². The van der Waals surface area contributed by atoms with E-state index in [1.54, 1.807) is 24.3 Å². The maximum Gasteiger partial charge on any atom is 0.175 e. The molecule has 7 nitrogen and oxygen atoms in total. The van der Waals surface area contributed by atoms with Crippen LogP contribution in [-0.4, -0.2) is 14.7 Å². The lowest BCUT2D eigenvalue weighted by molar-refractivity contribution is 0.418. The number of nitriles is 1. The normalized spacial score (nSPS) is 10.9. The second kappa shape index (κ2) is 7.50. The van der Waals surface area contributed by atoms with Gasteiger partial charge in [-0.2, -0.15) is 5.26 Å². The van der Waals surface area contributed by atoms with E-state index in [1.165, 1.54) is 36.4 Å². The minimum absolute atomic E-state index is 0.177. The van der Waals surface area contributed by atoms with E-state index in [2.05, 4.69) is 6.07 Å². The van der Waals surface area contributed by atoms with Crippen LogP contribution in [0.4, 0.5) is 11.4 Å². The lowest BCUT2D eigenvalue weighted by Crippen LogP contribution is -1.99. The smallest absolute Gasteiger partial charge is 0.175 e. The second-order valence-corrected chi connectivity index (χ2v) is 8.00. The zero-order chi connectivity index (χ0) is 20.3. The first-order valence-electron chi connectivity index (χ1n) is 8.12. The highest BCUT2D eigenvalue weighted by Crippen LogP contribution is 2.40. The molecule has 3 aromatic rings. The van der Waals surface area contributed by atoms with Crippen LogP contribution in [0, 0.1) is 11.3 Å². The maximum absolute atomic E-state index is 11.6. The van der Waals surface area contributed by atoms with Gasteiger partial charge in [0.15, 0.2) is 21.3 Å². The molecule has 0 aliphatic carbocycles. The zero-order valence-electron chi connectivity index (χ0n) is 14.9. The summed E-state index contributed by atoms with van der Waals surface area (Å²) in [5.41, 5.74) is 12.7. The first kappa shape index (κ1) is 19.1. The first-order valence-corrected chi connectivity index (χ1v) is 10.0. The van der Waals surface area contributed by atoms with Crippen molar-refractivity contribution in [3.05, 3.63) is 66.2 Å². The van der Waals surface area contributed by atoms with Crippen molar-refractivity contribution in [1.82, 2.24) is 0 Å². The van der Waals surface area contributed by atoms with Gasteiger partial charge in [-0.05, 0) is 36.4 Å². The van der Waals surface area contributed by atoms with Gasteiger partial charge in [0, 0.05) is 18.4 Å². The highest BCUT2D eigenvalue weighted by Gasteiger charge is 2.14. The fraction of sp³-hybridized carbons (Fsp3) is 0.0500. The average molecular weight is 395 g/mol. The molecule has 0 bridgehead atoms. The molecular formula is C20H17N3O4S. The van der Waals surface area contributed by atoms with Crippen molar-refractivity contribution in [2.24, 2.45) is 0 Å². The third-order valence-electron chi connectivity index (χ3n) is 3.86. The Kier molecular flexibility index (Phi) is 5.11. The number of ether oxygens (including phenoxy) is 2. The van der Waals surface area contributed by atoms with Gasteiger partial charge in [-0.15, -0.1) is 0 Å². The maximum atomic E-state index is 11.6. The third-order valence-corrected chi connectivity index (χ3v) is 4.98. The molecule has 4 N–H and O–H groups in total. The summed E-state index contributed by atoms with van der Waals surface area (Å²) in [6, 6.07) is 17.7. The van der Waals surface area contributed by atoms with E-state index in [1.807, 2.05) is 0 Å². The molecule has 0 spiro atoms. The van der Waals surface area contributed by atoms with Gasteiger partial charge in [0.1, 0.15) is 17.6 Å². The number of para-hydroxylation sites is 1. The molecule has 0 aliphatic rings. The van der Waals surface area contributed by atoms with E-state index in [9.17, 15) is 13.7 Å². The predicted octanol–water partition coefficient (Wildman–Crippen LogP) is 3.71. The molecule has 0 unspecified atom stereocenters. The van der Waals surface area contributed by atoms with Crippen LogP contribution in [0.5, 0.6) is 23.0 Å². The van der Waals surface area contributed by atoms with Crippen LogP contribution < -0.4 is 20.9 Å². The average Bonchev–Trinajstić information content (AvgIpc) is 2.66. The Labute approximate surface area is 162 Å². The Morgan fingerprint density at radius 3 is 2.00 bits per heavy atom. The standard InChI is InChI=1S/C20H17N3O4S/c1-28(24,25)15-8-6-14(7-9-15)26-19-10-16(22)17(23)11-20(19)27-18-5-3-2-4-13(18)12-21/h2-11H,22-23H2,1H3. The molecule has 142 valence electrons. The van der Waals surface area contributed by atoms with Crippen LogP contribution in [0.25, 0.3) is 0 Å². The van der Waals surface area contributed by atoms with E-state index < -0.39 is 9.84 Å². The number of rotatable bonds is 5. The molecule has 0 radical (unpaired) electrons. The van der Waals surface area contributed by atoms with Crippen molar-refractivity contribution >= 4 is 21.2 Å². The Bertz CT molecular complexity index is 1170. The van der Waals surface area contributed by atoms with Crippen molar-refractivity contribution in [1.29, 1.82) is 5.26 Å². The SMILES string of the molecule is CS(=O)(=O)c1ccc(Oc2cc(N)c(N)cc2Oc2ccccc2C#N)cc1. The molecule has 0 heterocycles. The van der Waals surface area contributed by atoms with Gasteiger partial charge in [-0.3, -0.25) is 0 Å². The Morgan fingerprint density at radius 1 is 0.857 bits per heavy atom. The third kappa shape index (κ3) is 4.16. The van der Waals surface area contributed by atoms with Crippen molar-refractivity contribution < 1.29 is 17.9 Å². The van der Waals surface area contributed by atoms with Crippen LogP contribution in [-0.2, 0) is 9.84 Å². The van der Waals surface area contributed by atoms with Gasteiger partial charge >= 0.3 is 0 Å². The number of nitrogens with zero attached hydrogens (tertiary/aromatic N) is 1. The summed E-state index contributed by atoms with van der Waals surface area (Å²) in [7, 11) is -3.31. The molecule has 0 amide bonds. The highest BCUT2D eigenvalue weighted by atomic mass is 32.2. The Balaban J connectivity index is 1.97. The number of hydrogen-bond acceptors (Lipinski definition) is 7. The van der Waals surface area contributed by atoms with Gasteiger partial charge < -0.3 is 20.9 Å². The van der Waals surface area contributed by atoms with Crippen molar-refractivity contribution in [3.63, 3.8) is 0 Å². The summed E-state index contributed by atoms with van der Waals surface area (Å²) in [6.45, 7) is 0. The summed E-state index contributed by atoms with van der Waals surface area (Å²) >= 11 is 0. The molecular weight excluding hydrogens is 378 g/mol. The van der Waals surface area contributed by atoms with Crippen molar-refractivity contribution in [3.8, 4) is 29.1 Å². The highest BCUT2D eigenvalue weighted by molar-refractivity contribution is 7.90. The summed E-state index contributed by atoms with van der Waals surface area (Å²) in [4.78, 5) is 0.177. The van der Waals surface area contributed by atoms with E-state index in [-0.39, 0.29) is 16.4 Å². The van der Waals surface area contributed by atoms with Crippen LogP contribution in [0.2, 0.25) is 0 Å². The van der Waals surface area contributed by atoms with E-state index in [4.69, 9.17) is 20.9 Å². The first-order chi connectivity index (χ1) is 13.3. The number of sulfone groups is 1. The Morgan fingerprint density at radius 2 is 1.43 bits per heavy atom. The number of hydrogen-bond donors (Lipinski definition) is 2. The lowest BCUT2D eigenvalue weighted by Gasteiger charge is -2.15. The summed E-state index contributed by atoms with van der Waals surface area (Å²) in [5, 5.41) is 9.24. The molecule has 0 fully saturated rings. The molecule has 0 aromatic heterocycles. The minimum atomic E-state index is -3.31.